The molecule has 0 spiro atoms. The number of carbonyl (C=O) groups is 1. The second kappa shape index (κ2) is 12.4. The van der Waals surface area contributed by atoms with Gasteiger partial charge in [-0.05, 0) is 13.5 Å². The summed E-state index contributed by atoms with van der Waals surface area (Å²) in [6.45, 7) is 17.2. The molecule has 0 radical (unpaired) electrons. The average Bonchev–Trinajstić information content (AvgIpc) is 2.43. The zero-order chi connectivity index (χ0) is 15.4. The van der Waals surface area contributed by atoms with Crippen molar-refractivity contribution in [2.24, 2.45) is 0 Å². The standard InChI is InChI=1S/C11H23N3O.2C2H6/c1-5-14-7-6-13(8-10(14)2)9-11(15)12(3)4;2*1-2/h10H,5-9H2,1-4H3;2*1-2H3/t10-;;/m0../s1. The van der Waals surface area contributed by atoms with E-state index in [9.17, 15) is 4.79 Å². The molecule has 1 fully saturated rings. The zero-order valence-corrected chi connectivity index (χ0v) is 14.4. The third kappa shape index (κ3) is 8.22. The molecule has 0 aromatic rings. The fraction of sp³-hybridized carbons (Fsp3) is 0.933. The van der Waals surface area contributed by atoms with Gasteiger partial charge in [0.1, 0.15) is 0 Å². The molecule has 1 amide bonds. The van der Waals surface area contributed by atoms with Gasteiger partial charge >= 0.3 is 0 Å². The van der Waals surface area contributed by atoms with E-state index in [1.807, 2.05) is 41.8 Å². The lowest BCUT2D eigenvalue weighted by molar-refractivity contribution is -0.130. The summed E-state index contributed by atoms with van der Waals surface area (Å²) in [7, 11) is 3.63. The average molecular weight is 273 g/mol. The zero-order valence-electron chi connectivity index (χ0n) is 14.4. The SMILES string of the molecule is CC.CC.CCN1CCN(CC(=O)N(C)C)C[C@@H]1C. The molecule has 0 saturated carbocycles. The third-order valence-corrected chi connectivity index (χ3v) is 3.11. The van der Waals surface area contributed by atoms with Crippen molar-refractivity contribution in [2.75, 3.05) is 46.8 Å². The van der Waals surface area contributed by atoms with Crippen LogP contribution in [0.1, 0.15) is 41.5 Å². The van der Waals surface area contributed by atoms with Gasteiger partial charge in [0, 0.05) is 39.8 Å². The van der Waals surface area contributed by atoms with Crippen LogP contribution in [0.5, 0.6) is 0 Å². The second-order valence-corrected chi connectivity index (χ2v) is 4.50. The number of rotatable bonds is 3. The summed E-state index contributed by atoms with van der Waals surface area (Å²) < 4.78 is 0. The molecule has 0 aromatic carbocycles. The molecule has 1 aliphatic rings. The van der Waals surface area contributed by atoms with Gasteiger partial charge in [-0.15, -0.1) is 0 Å². The van der Waals surface area contributed by atoms with Gasteiger partial charge in [0.05, 0.1) is 6.54 Å². The highest BCUT2D eigenvalue weighted by Gasteiger charge is 2.23. The highest BCUT2D eigenvalue weighted by atomic mass is 16.2. The molecule has 0 aliphatic carbocycles. The molecule has 1 aliphatic heterocycles. The van der Waals surface area contributed by atoms with E-state index >= 15 is 0 Å². The Morgan fingerprint density at radius 3 is 2.05 bits per heavy atom. The highest BCUT2D eigenvalue weighted by molar-refractivity contribution is 5.77. The molecule has 0 unspecified atom stereocenters. The Balaban J connectivity index is 0. The number of piperazine rings is 1. The molecular formula is C15H35N3O. The molecule has 0 aromatic heterocycles. The van der Waals surface area contributed by atoms with Crippen molar-refractivity contribution in [1.82, 2.24) is 14.7 Å². The second-order valence-electron chi connectivity index (χ2n) is 4.50. The number of hydrogen-bond acceptors (Lipinski definition) is 3. The Kier molecular flexibility index (Phi) is 13.5. The van der Waals surface area contributed by atoms with Crippen molar-refractivity contribution in [2.45, 2.75) is 47.6 Å². The Morgan fingerprint density at radius 2 is 1.68 bits per heavy atom. The maximum atomic E-state index is 11.5. The molecule has 4 nitrogen and oxygen atoms in total. The van der Waals surface area contributed by atoms with Crippen molar-refractivity contribution in [3.63, 3.8) is 0 Å². The molecule has 19 heavy (non-hydrogen) atoms. The van der Waals surface area contributed by atoms with Gasteiger partial charge in [0.25, 0.3) is 0 Å². The fourth-order valence-corrected chi connectivity index (χ4v) is 2.02. The lowest BCUT2D eigenvalue weighted by Gasteiger charge is -2.39. The van der Waals surface area contributed by atoms with Crippen LogP contribution >= 0.6 is 0 Å². The molecule has 1 atom stereocenters. The van der Waals surface area contributed by atoms with E-state index in [4.69, 9.17) is 0 Å². The summed E-state index contributed by atoms with van der Waals surface area (Å²) in [6, 6.07) is 0.568. The minimum atomic E-state index is 0.201. The molecule has 1 saturated heterocycles. The van der Waals surface area contributed by atoms with Crippen LogP contribution in [0.2, 0.25) is 0 Å². The quantitative estimate of drug-likeness (QED) is 0.788. The molecule has 0 bridgehead atoms. The normalized spacial score (nSPS) is 19.7. The lowest BCUT2D eigenvalue weighted by Crippen LogP contribution is -2.53. The smallest absolute Gasteiger partial charge is 0.236 e. The Bertz CT molecular complexity index is 219. The molecule has 1 rings (SSSR count). The minimum Gasteiger partial charge on any atom is -0.348 e. The largest absolute Gasteiger partial charge is 0.348 e. The summed E-state index contributed by atoms with van der Waals surface area (Å²) in [5.74, 6) is 0.201. The minimum absolute atomic E-state index is 0.201. The summed E-state index contributed by atoms with van der Waals surface area (Å²) in [6.07, 6.45) is 0. The summed E-state index contributed by atoms with van der Waals surface area (Å²) >= 11 is 0. The van der Waals surface area contributed by atoms with E-state index in [0.717, 1.165) is 26.2 Å². The van der Waals surface area contributed by atoms with E-state index in [-0.39, 0.29) is 5.91 Å². The van der Waals surface area contributed by atoms with Crippen LogP contribution in [-0.4, -0.2) is 73.5 Å². The monoisotopic (exact) mass is 273 g/mol. The topological polar surface area (TPSA) is 26.8 Å². The first-order valence-electron chi connectivity index (χ1n) is 7.71. The van der Waals surface area contributed by atoms with Crippen molar-refractivity contribution in [1.29, 1.82) is 0 Å². The van der Waals surface area contributed by atoms with Crippen molar-refractivity contribution >= 4 is 5.91 Å². The number of amides is 1. The lowest BCUT2D eigenvalue weighted by atomic mass is 10.2. The van der Waals surface area contributed by atoms with Crippen LogP contribution in [0.25, 0.3) is 0 Å². The fourth-order valence-electron chi connectivity index (χ4n) is 2.02. The summed E-state index contributed by atoms with van der Waals surface area (Å²) in [5.41, 5.74) is 0. The van der Waals surface area contributed by atoms with Gasteiger partial charge in [-0.1, -0.05) is 34.6 Å². The predicted molar refractivity (Wildman–Crippen MR) is 84.5 cm³/mol. The maximum Gasteiger partial charge on any atom is 0.236 e. The van der Waals surface area contributed by atoms with Crippen LogP contribution < -0.4 is 0 Å². The van der Waals surface area contributed by atoms with E-state index in [1.165, 1.54) is 0 Å². The van der Waals surface area contributed by atoms with E-state index in [0.29, 0.717) is 12.6 Å². The van der Waals surface area contributed by atoms with Crippen LogP contribution in [0, 0.1) is 0 Å². The Morgan fingerprint density at radius 1 is 1.16 bits per heavy atom. The summed E-state index contributed by atoms with van der Waals surface area (Å²) in [5, 5.41) is 0. The van der Waals surface area contributed by atoms with Crippen LogP contribution in [0.3, 0.4) is 0 Å². The molecule has 1 heterocycles. The van der Waals surface area contributed by atoms with E-state index < -0.39 is 0 Å². The number of likely N-dealkylation sites (N-methyl/N-ethyl adjacent to an activating group) is 2. The molecular weight excluding hydrogens is 238 g/mol. The van der Waals surface area contributed by atoms with Crippen LogP contribution in [-0.2, 0) is 4.79 Å². The summed E-state index contributed by atoms with van der Waals surface area (Å²) in [4.78, 5) is 17.9. The van der Waals surface area contributed by atoms with E-state index in [2.05, 4.69) is 23.6 Å². The molecule has 4 heteroatoms. The Hall–Kier alpha value is -0.610. The number of nitrogens with zero attached hydrogens (tertiary/aromatic N) is 3. The van der Waals surface area contributed by atoms with Crippen molar-refractivity contribution < 1.29 is 4.79 Å². The van der Waals surface area contributed by atoms with Gasteiger partial charge < -0.3 is 4.90 Å². The van der Waals surface area contributed by atoms with Gasteiger partial charge in [-0.2, -0.15) is 0 Å². The number of hydrogen-bond donors (Lipinski definition) is 0. The Labute approximate surface area is 120 Å². The highest BCUT2D eigenvalue weighted by Crippen LogP contribution is 2.08. The van der Waals surface area contributed by atoms with E-state index in [1.54, 1.807) is 4.90 Å². The van der Waals surface area contributed by atoms with Crippen LogP contribution in [0.15, 0.2) is 0 Å². The van der Waals surface area contributed by atoms with Crippen molar-refractivity contribution in [3.8, 4) is 0 Å². The first-order chi connectivity index (χ1) is 9.04. The van der Waals surface area contributed by atoms with Gasteiger partial charge in [0.2, 0.25) is 5.91 Å². The molecule has 116 valence electrons. The van der Waals surface area contributed by atoms with Gasteiger partial charge in [-0.3, -0.25) is 14.6 Å². The van der Waals surface area contributed by atoms with Gasteiger partial charge in [-0.25, -0.2) is 0 Å². The van der Waals surface area contributed by atoms with Crippen molar-refractivity contribution in [3.05, 3.63) is 0 Å². The maximum absolute atomic E-state index is 11.5. The third-order valence-electron chi connectivity index (χ3n) is 3.11. The predicted octanol–water partition coefficient (Wildman–Crippen LogP) is 2.15. The van der Waals surface area contributed by atoms with Crippen LogP contribution in [0.4, 0.5) is 0 Å². The molecule has 0 N–H and O–H groups in total. The number of carbonyl (C=O) groups excluding carboxylic acids is 1. The van der Waals surface area contributed by atoms with Gasteiger partial charge in [0.15, 0.2) is 0 Å². The first-order valence-corrected chi connectivity index (χ1v) is 7.71. The first kappa shape index (κ1) is 20.7.